The van der Waals surface area contributed by atoms with Crippen LogP contribution in [0.3, 0.4) is 0 Å². The third-order valence-electron chi connectivity index (χ3n) is 4.67. The molecule has 2 atom stereocenters. The molecule has 1 fully saturated rings. The van der Waals surface area contributed by atoms with E-state index in [9.17, 15) is 9.59 Å². The molecule has 0 radical (unpaired) electrons. The summed E-state index contributed by atoms with van der Waals surface area (Å²) in [6.07, 6.45) is 0. The van der Waals surface area contributed by atoms with Gasteiger partial charge < -0.3 is 9.64 Å². The maximum atomic E-state index is 13.4. The minimum absolute atomic E-state index is 0.0272. The Morgan fingerprint density at radius 3 is 2.48 bits per heavy atom. The molecule has 3 rings (SSSR count). The van der Waals surface area contributed by atoms with Crippen molar-refractivity contribution in [3.05, 3.63) is 48.0 Å². The first-order chi connectivity index (χ1) is 12.9. The van der Waals surface area contributed by atoms with Crippen molar-refractivity contribution in [2.75, 3.05) is 12.4 Å². The molecule has 5 heteroatoms. The number of ether oxygens (including phenoxy) is 1. The number of carbonyl (C=O) groups is 2. The molecule has 0 N–H and O–H groups in total. The first-order valence-corrected chi connectivity index (χ1v) is 10.5. The molecule has 27 heavy (non-hydrogen) atoms. The summed E-state index contributed by atoms with van der Waals surface area (Å²) in [5, 5.41) is 2.09. The molecule has 144 valence electrons. The van der Waals surface area contributed by atoms with E-state index in [0.29, 0.717) is 17.9 Å². The number of esters is 1. The Balaban J connectivity index is 1.89. The Bertz CT molecular complexity index is 833. The minimum atomic E-state index is -0.528. The molecule has 0 bridgehead atoms. The SMILES string of the molecule is CC(C)COC(=O)[C@@H]1CS[C@@H](C(C)C)N1C(=O)c1ccc2ccccc2c1. The minimum Gasteiger partial charge on any atom is -0.464 e. The number of benzene rings is 2. The van der Waals surface area contributed by atoms with Crippen molar-refractivity contribution in [3.63, 3.8) is 0 Å². The summed E-state index contributed by atoms with van der Waals surface area (Å²) in [5.74, 6) is 0.708. The zero-order valence-electron chi connectivity index (χ0n) is 16.3. The van der Waals surface area contributed by atoms with E-state index < -0.39 is 6.04 Å². The van der Waals surface area contributed by atoms with Crippen LogP contribution < -0.4 is 0 Å². The first kappa shape index (κ1) is 19.7. The number of carbonyl (C=O) groups excluding carboxylic acids is 2. The van der Waals surface area contributed by atoms with Gasteiger partial charge in [0.05, 0.1) is 12.0 Å². The van der Waals surface area contributed by atoms with Crippen LogP contribution >= 0.6 is 11.8 Å². The lowest BCUT2D eigenvalue weighted by Gasteiger charge is -2.30. The summed E-state index contributed by atoms with van der Waals surface area (Å²) in [6.45, 7) is 8.56. The Morgan fingerprint density at radius 2 is 1.81 bits per heavy atom. The molecule has 1 saturated heterocycles. The van der Waals surface area contributed by atoms with Crippen LogP contribution in [-0.4, -0.2) is 40.6 Å². The van der Waals surface area contributed by atoms with Crippen molar-refractivity contribution in [1.82, 2.24) is 4.90 Å². The third kappa shape index (κ3) is 4.29. The zero-order valence-corrected chi connectivity index (χ0v) is 17.2. The summed E-state index contributed by atoms with van der Waals surface area (Å²) in [7, 11) is 0. The highest BCUT2D eigenvalue weighted by molar-refractivity contribution is 8.00. The van der Waals surface area contributed by atoms with E-state index in [4.69, 9.17) is 4.74 Å². The van der Waals surface area contributed by atoms with Crippen LogP contribution in [-0.2, 0) is 9.53 Å². The maximum Gasteiger partial charge on any atom is 0.329 e. The highest BCUT2D eigenvalue weighted by Gasteiger charge is 2.43. The molecule has 0 spiro atoms. The second-order valence-corrected chi connectivity index (χ2v) is 8.93. The van der Waals surface area contributed by atoms with Crippen LogP contribution in [0.15, 0.2) is 42.5 Å². The molecule has 1 amide bonds. The number of hydrogen-bond donors (Lipinski definition) is 0. The lowest BCUT2D eigenvalue weighted by molar-refractivity contribution is -0.149. The Morgan fingerprint density at radius 1 is 1.11 bits per heavy atom. The van der Waals surface area contributed by atoms with Gasteiger partial charge in [0.2, 0.25) is 0 Å². The van der Waals surface area contributed by atoms with E-state index in [0.717, 1.165) is 10.8 Å². The normalized spacial score (nSPS) is 19.9. The van der Waals surface area contributed by atoms with Crippen LogP contribution in [0.2, 0.25) is 0 Å². The lowest BCUT2D eigenvalue weighted by atomic mass is 10.0. The topological polar surface area (TPSA) is 46.6 Å². The molecule has 0 aromatic heterocycles. The van der Waals surface area contributed by atoms with Crippen molar-refractivity contribution < 1.29 is 14.3 Å². The largest absolute Gasteiger partial charge is 0.464 e. The third-order valence-corrected chi connectivity index (χ3v) is 6.29. The molecule has 4 nitrogen and oxygen atoms in total. The average Bonchev–Trinajstić information content (AvgIpc) is 3.10. The maximum absolute atomic E-state index is 13.4. The van der Waals surface area contributed by atoms with Gasteiger partial charge in [-0.2, -0.15) is 0 Å². The van der Waals surface area contributed by atoms with Gasteiger partial charge in [-0.3, -0.25) is 4.79 Å². The van der Waals surface area contributed by atoms with E-state index in [-0.39, 0.29) is 29.1 Å². The van der Waals surface area contributed by atoms with Gasteiger partial charge in [0.15, 0.2) is 0 Å². The number of thioether (sulfide) groups is 1. The Hall–Kier alpha value is -2.01. The van der Waals surface area contributed by atoms with E-state index in [1.54, 1.807) is 16.7 Å². The van der Waals surface area contributed by atoms with Gasteiger partial charge in [0, 0.05) is 11.3 Å². The van der Waals surface area contributed by atoms with E-state index >= 15 is 0 Å². The smallest absolute Gasteiger partial charge is 0.329 e. The van der Waals surface area contributed by atoms with Crippen molar-refractivity contribution in [3.8, 4) is 0 Å². The standard InChI is InChI=1S/C22H27NO3S/c1-14(2)12-26-22(25)19-13-27-21(15(3)4)23(19)20(24)18-10-9-16-7-5-6-8-17(16)11-18/h5-11,14-15,19,21H,12-13H2,1-4H3/t19-,21-/m0/s1. The van der Waals surface area contributed by atoms with Crippen LogP contribution in [0.25, 0.3) is 10.8 Å². The molecule has 1 heterocycles. The summed E-state index contributed by atoms with van der Waals surface area (Å²) in [6, 6.07) is 13.2. The summed E-state index contributed by atoms with van der Waals surface area (Å²) in [4.78, 5) is 27.7. The van der Waals surface area contributed by atoms with Crippen molar-refractivity contribution in [2.24, 2.45) is 11.8 Å². The van der Waals surface area contributed by atoms with E-state index in [2.05, 4.69) is 13.8 Å². The Kier molecular flexibility index (Phi) is 6.10. The molecule has 0 unspecified atom stereocenters. The summed E-state index contributed by atoms with van der Waals surface area (Å²) >= 11 is 1.66. The fourth-order valence-corrected chi connectivity index (χ4v) is 4.76. The predicted molar refractivity (Wildman–Crippen MR) is 111 cm³/mol. The van der Waals surface area contributed by atoms with Gasteiger partial charge in [-0.1, -0.05) is 58.0 Å². The molecule has 2 aromatic rings. The van der Waals surface area contributed by atoms with Crippen molar-refractivity contribution in [1.29, 1.82) is 0 Å². The van der Waals surface area contributed by atoms with Gasteiger partial charge in [0.25, 0.3) is 5.91 Å². The number of rotatable bonds is 5. The van der Waals surface area contributed by atoms with Gasteiger partial charge in [-0.05, 0) is 34.7 Å². The monoisotopic (exact) mass is 385 g/mol. The van der Waals surface area contributed by atoms with Gasteiger partial charge in [-0.15, -0.1) is 11.8 Å². The molecule has 2 aromatic carbocycles. The molecule has 1 aliphatic heterocycles. The second-order valence-electron chi connectivity index (χ2n) is 7.78. The molecular formula is C22H27NO3S. The number of fused-ring (bicyclic) bond motifs is 1. The van der Waals surface area contributed by atoms with Crippen LogP contribution in [0, 0.1) is 11.8 Å². The fraction of sp³-hybridized carbons (Fsp3) is 0.455. The fourth-order valence-electron chi connectivity index (χ4n) is 3.30. The van der Waals surface area contributed by atoms with E-state index in [1.807, 2.05) is 56.3 Å². The average molecular weight is 386 g/mol. The van der Waals surface area contributed by atoms with E-state index in [1.165, 1.54) is 0 Å². The molecule has 1 aliphatic rings. The molecule has 0 saturated carbocycles. The summed E-state index contributed by atoms with van der Waals surface area (Å²) < 4.78 is 5.46. The van der Waals surface area contributed by atoms with Crippen molar-refractivity contribution in [2.45, 2.75) is 39.1 Å². The van der Waals surface area contributed by atoms with Crippen LogP contribution in [0.5, 0.6) is 0 Å². The van der Waals surface area contributed by atoms with Crippen LogP contribution in [0.1, 0.15) is 38.1 Å². The highest BCUT2D eigenvalue weighted by atomic mass is 32.2. The highest BCUT2D eigenvalue weighted by Crippen LogP contribution is 2.36. The molecule has 0 aliphatic carbocycles. The van der Waals surface area contributed by atoms with Gasteiger partial charge >= 0.3 is 5.97 Å². The number of hydrogen-bond acceptors (Lipinski definition) is 4. The van der Waals surface area contributed by atoms with Crippen LogP contribution in [0.4, 0.5) is 0 Å². The van der Waals surface area contributed by atoms with Gasteiger partial charge in [-0.25, -0.2) is 4.79 Å². The van der Waals surface area contributed by atoms with Crippen molar-refractivity contribution >= 4 is 34.4 Å². The predicted octanol–water partition coefficient (Wildman–Crippen LogP) is 4.58. The molecular weight excluding hydrogens is 358 g/mol. The Labute approximate surface area is 165 Å². The lowest BCUT2D eigenvalue weighted by Crippen LogP contribution is -2.48. The summed E-state index contributed by atoms with van der Waals surface area (Å²) in [5.41, 5.74) is 0.614. The zero-order chi connectivity index (χ0) is 19.6. The number of amides is 1. The first-order valence-electron chi connectivity index (χ1n) is 9.48. The second kappa shape index (κ2) is 8.34. The van der Waals surface area contributed by atoms with Gasteiger partial charge in [0.1, 0.15) is 6.04 Å². The quantitative estimate of drug-likeness (QED) is 0.707. The number of nitrogens with zero attached hydrogens (tertiary/aromatic N) is 1.